The fourth-order valence-corrected chi connectivity index (χ4v) is 4.45. The Bertz CT molecular complexity index is 540. The van der Waals surface area contributed by atoms with Gasteiger partial charge in [0.2, 0.25) is 0 Å². The smallest absolute Gasteiger partial charge is 0.118 e. The van der Waals surface area contributed by atoms with Crippen molar-refractivity contribution >= 4 is 0 Å². The molecular formula is C20H31NO4. The molecule has 1 aromatic heterocycles. The van der Waals surface area contributed by atoms with Gasteiger partial charge < -0.3 is 18.6 Å². The molecule has 25 heavy (non-hydrogen) atoms. The van der Waals surface area contributed by atoms with Crippen molar-refractivity contribution in [1.29, 1.82) is 0 Å². The monoisotopic (exact) mass is 349 g/mol. The van der Waals surface area contributed by atoms with Crippen molar-refractivity contribution in [3.8, 4) is 0 Å². The Kier molecular flexibility index (Phi) is 5.76. The van der Waals surface area contributed by atoms with Crippen LogP contribution in [-0.2, 0) is 20.8 Å². The maximum absolute atomic E-state index is 6.35. The number of fused-ring (bicyclic) bond motifs is 1. The summed E-state index contributed by atoms with van der Waals surface area (Å²) in [6, 6.07) is 4.68. The third kappa shape index (κ3) is 4.45. The molecule has 3 saturated heterocycles. The minimum Gasteiger partial charge on any atom is -0.465 e. The van der Waals surface area contributed by atoms with E-state index in [9.17, 15) is 0 Å². The van der Waals surface area contributed by atoms with Crippen molar-refractivity contribution in [3.63, 3.8) is 0 Å². The van der Waals surface area contributed by atoms with Crippen molar-refractivity contribution in [2.75, 3.05) is 33.0 Å². The van der Waals surface area contributed by atoms with Crippen LogP contribution in [0, 0.1) is 12.8 Å². The van der Waals surface area contributed by atoms with E-state index in [1.54, 1.807) is 0 Å². The first-order valence-electron chi connectivity index (χ1n) is 9.88. The van der Waals surface area contributed by atoms with Gasteiger partial charge in [0.25, 0.3) is 0 Å². The van der Waals surface area contributed by atoms with E-state index in [0.717, 1.165) is 76.7 Å². The molecule has 0 aliphatic carbocycles. The van der Waals surface area contributed by atoms with Gasteiger partial charge in [-0.05, 0) is 57.1 Å². The molecule has 4 rings (SSSR count). The van der Waals surface area contributed by atoms with E-state index in [0.29, 0.717) is 18.1 Å². The van der Waals surface area contributed by atoms with Crippen molar-refractivity contribution in [3.05, 3.63) is 23.7 Å². The fourth-order valence-electron chi connectivity index (χ4n) is 4.45. The van der Waals surface area contributed by atoms with Crippen LogP contribution in [0.1, 0.15) is 43.6 Å². The standard InChI is InChI=1S/C20H31NO4/c1-15-2-3-17(24-15)12-21-9-6-20-19(21)5-4-18(25-20)14-23-13-16-7-10-22-11-8-16/h2-3,16,18-20H,4-14H2,1H3/t18-,19-,20-/m0/s1. The van der Waals surface area contributed by atoms with Crippen molar-refractivity contribution in [2.45, 2.75) is 63.8 Å². The maximum atomic E-state index is 6.35. The molecule has 3 aliphatic heterocycles. The number of ether oxygens (including phenoxy) is 3. The Morgan fingerprint density at radius 3 is 2.76 bits per heavy atom. The highest BCUT2D eigenvalue weighted by atomic mass is 16.5. The first-order chi connectivity index (χ1) is 12.3. The van der Waals surface area contributed by atoms with E-state index in [4.69, 9.17) is 18.6 Å². The lowest BCUT2D eigenvalue weighted by Crippen LogP contribution is -2.43. The summed E-state index contributed by atoms with van der Waals surface area (Å²) in [6.45, 7) is 7.41. The molecule has 3 atom stereocenters. The van der Waals surface area contributed by atoms with Gasteiger partial charge in [-0.2, -0.15) is 0 Å². The lowest BCUT2D eigenvalue weighted by molar-refractivity contribution is -0.105. The van der Waals surface area contributed by atoms with Crippen LogP contribution >= 0.6 is 0 Å². The number of aryl methyl sites for hydroxylation is 1. The van der Waals surface area contributed by atoms with Crippen molar-refractivity contribution < 1.29 is 18.6 Å². The van der Waals surface area contributed by atoms with Gasteiger partial charge in [-0.25, -0.2) is 0 Å². The zero-order chi connectivity index (χ0) is 17.1. The summed E-state index contributed by atoms with van der Waals surface area (Å²) in [5.74, 6) is 2.73. The first kappa shape index (κ1) is 17.5. The molecule has 3 fully saturated rings. The Labute approximate surface area is 150 Å². The third-order valence-electron chi connectivity index (χ3n) is 5.90. The number of hydrogen-bond acceptors (Lipinski definition) is 5. The van der Waals surface area contributed by atoms with E-state index in [2.05, 4.69) is 11.0 Å². The molecule has 0 spiro atoms. The van der Waals surface area contributed by atoms with Gasteiger partial charge >= 0.3 is 0 Å². The Morgan fingerprint density at radius 1 is 1.08 bits per heavy atom. The highest BCUT2D eigenvalue weighted by Gasteiger charge is 2.40. The second kappa shape index (κ2) is 8.21. The van der Waals surface area contributed by atoms with E-state index in [-0.39, 0.29) is 6.10 Å². The third-order valence-corrected chi connectivity index (χ3v) is 5.90. The number of nitrogens with zero attached hydrogens (tertiary/aromatic N) is 1. The molecule has 5 heteroatoms. The molecule has 0 N–H and O–H groups in total. The summed E-state index contributed by atoms with van der Waals surface area (Å²) in [4.78, 5) is 2.53. The number of rotatable bonds is 6. The first-order valence-corrected chi connectivity index (χ1v) is 9.88. The number of likely N-dealkylation sites (tertiary alicyclic amines) is 1. The molecule has 0 amide bonds. The van der Waals surface area contributed by atoms with Crippen LogP contribution < -0.4 is 0 Å². The topological polar surface area (TPSA) is 44.1 Å². The van der Waals surface area contributed by atoms with Crippen LogP contribution in [0.5, 0.6) is 0 Å². The fraction of sp³-hybridized carbons (Fsp3) is 0.800. The van der Waals surface area contributed by atoms with Crippen LogP contribution in [0.15, 0.2) is 16.5 Å². The Balaban J connectivity index is 1.20. The zero-order valence-electron chi connectivity index (χ0n) is 15.3. The summed E-state index contributed by atoms with van der Waals surface area (Å²) in [5.41, 5.74) is 0. The number of hydrogen-bond donors (Lipinski definition) is 0. The van der Waals surface area contributed by atoms with Crippen molar-refractivity contribution in [1.82, 2.24) is 4.90 Å². The van der Waals surface area contributed by atoms with Crippen LogP contribution in [0.2, 0.25) is 0 Å². The van der Waals surface area contributed by atoms with Gasteiger partial charge in [-0.1, -0.05) is 0 Å². The lowest BCUT2D eigenvalue weighted by Gasteiger charge is -2.36. The van der Waals surface area contributed by atoms with Crippen LogP contribution in [0.25, 0.3) is 0 Å². The Morgan fingerprint density at radius 2 is 1.96 bits per heavy atom. The highest BCUT2D eigenvalue weighted by molar-refractivity contribution is 5.06. The summed E-state index contributed by atoms with van der Waals surface area (Å²) in [5, 5.41) is 0. The molecule has 0 bridgehead atoms. The SMILES string of the molecule is Cc1ccc(CN2CC[C@@H]3O[C@H](COCC4CCOCC4)CC[C@@H]32)o1. The molecule has 1 aromatic rings. The predicted molar refractivity (Wildman–Crippen MR) is 94.5 cm³/mol. The summed E-state index contributed by atoms with van der Waals surface area (Å²) in [7, 11) is 0. The van der Waals surface area contributed by atoms with Gasteiger partial charge in [0.1, 0.15) is 11.5 Å². The maximum Gasteiger partial charge on any atom is 0.118 e. The van der Waals surface area contributed by atoms with Crippen LogP contribution in [0.3, 0.4) is 0 Å². The number of furan rings is 1. The minimum absolute atomic E-state index is 0.270. The van der Waals surface area contributed by atoms with Crippen LogP contribution in [0.4, 0.5) is 0 Å². The average molecular weight is 349 g/mol. The molecule has 3 aliphatic rings. The zero-order valence-corrected chi connectivity index (χ0v) is 15.3. The largest absolute Gasteiger partial charge is 0.465 e. The Hall–Kier alpha value is -0.880. The highest BCUT2D eigenvalue weighted by Crippen LogP contribution is 2.32. The van der Waals surface area contributed by atoms with Gasteiger partial charge in [-0.15, -0.1) is 0 Å². The van der Waals surface area contributed by atoms with E-state index in [1.807, 2.05) is 13.0 Å². The molecule has 0 saturated carbocycles. The average Bonchev–Trinajstić information content (AvgIpc) is 3.22. The molecule has 5 nitrogen and oxygen atoms in total. The van der Waals surface area contributed by atoms with E-state index in [1.165, 1.54) is 6.42 Å². The van der Waals surface area contributed by atoms with Crippen molar-refractivity contribution in [2.24, 2.45) is 5.92 Å². The second-order valence-electron chi connectivity index (χ2n) is 7.81. The molecule has 0 aromatic carbocycles. The van der Waals surface area contributed by atoms with E-state index >= 15 is 0 Å². The molecule has 4 heterocycles. The molecule has 0 unspecified atom stereocenters. The second-order valence-corrected chi connectivity index (χ2v) is 7.81. The normalized spacial score (nSPS) is 31.3. The van der Waals surface area contributed by atoms with Gasteiger partial charge in [0.05, 0.1) is 25.4 Å². The molecule has 140 valence electrons. The van der Waals surface area contributed by atoms with Gasteiger partial charge in [0.15, 0.2) is 0 Å². The van der Waals surface area contributed by atoms with E-state index < -0.39 is 0 Å². The molecular weight excluding hydrogens is 318 g/mol. The van der Waals surface area contributed by atoms with Gasteiger partial charge in [0, 0.05) is 32.4 Å². The lowest BCUT2D eigenvalue weighted by atomic mass is 9.99. The molecule has 0 radical (unpaired) electrons. The summed E-state index contributed by atoms with van der Waals surface area (Å²) >= 11 is 0. The predicted octanol–water partition coefficient (Wildman–Crippen LogP) is 3.15. The van der Waals surface area contributed by atoms with Crippen LogP contribution in [-0.4, -0.2) is 56.1 Å². The summed E-state index contributed by atoms with van der Waals surface area (Å²) < 4.78 is 23.5. The quantitative estimate of drug-likeness (QED) is 0.789. The minimum atomic E-state index is 0.270. The summed E-state index contributed by atoms with van der Waals surface area (Å²) in [6.07, 6.45) is 6.34. The van der Waals surface area contributed by atoms with Gasteiger partial charge in [-0.3, -0.25) is 4.90 Å².